The van der Waals surface area contributed by atoms with Gasteiger partial charge in [0.05, 0.1) is 14.2 Å². The van der Waals surface area contributed by atoms with Gasteiger partial charge in [0.15, 0.2) is 0 Å². The number of methoxy groups -OCH3 is 2. The summed E-state index contributed by atoms with van der Waals surface area (Å²) >= 11 is 0. The van der Waals surface area contributed by atoms with Crippen molar-refractivity contribution in [3.63, 3.8) is 0 Å². The van der Waals surface area contributed by atoms with Crippen LogP contribution in [0.2, 0.25) is 0 Å². The number of hydrogen-bond acceptors (Lipinski definition) is 3. The van der Waals surface area contributed by atoms with Crippen molar-refractivity contribution in [2.24, 2.45) is 0 Å². The largest absolute Gasteiger partial charge is 0.497 e. The molecule has 3 nitrogen and oxygen atoms in total. The van der Waals surface area contributed by atoms with Crippen molar-refractivity contribution in [3.8, 4) is 11.5 Å². The Bertz CT molecular complexity index is 372. The van der Waals surface area contributed by atoms with Gasteiger partial charge in [0.25, 0.3) is 0 Å². The molecule has 0 saturated heterocycles. The maximum absolute atomic E-state index is 5.33. The van der Waals surface area contributed by atoms with Crippen molar-refractivity contribution in [2.75, 3.05) is 14.2 Å². The molecule has 0 aliphatic heterocycles. The highest BCUT2D eigenvalue weighted by molar-refractivity contribution is 5.40. The first-order chi connectivity index (χ1) is 7.67. The Labute approximate surface area is 96.8 Å². The minimum atomic E-state index is 0.341. The molecule has 2 rings (SSSR count). The molecular weight excluding hydrogens is 202 g/mol. The zero-order chi connectivity index (χ0) is 11.6. The van der Waals surface area contributed by atoms with Crippen LogP contribution >= 0.6 is 0 Å². The number of rotatable bonds is 5. The van der Waals surface area contributed by atoms with Crippen molar-refractivity contribution in [2.45, 2.75) is 31.8 Å². The summed E-state index contributed by atoms with van der Waals surface area (Å²) in [6.07, 6.45) is 2.53. The summed E-state index contributed by atoms with van der Waals surface area (Å²) in [5.74, 6) is 1.79. The molecule has 0 bridgehead atoms. The van der Waals surface area contributed by atoms with E-state index < -0.39 is 0 Å². The third kappa shape index (κ3) is 2.47. The summed E-state index contributed by atoms with van der Waals surface area (Å²) in [6.45, 7) is 3.08. The molecule has 88 valence electrons. The standard InChI is InChI=1S/C13H19NO2/c1-13(6-7-13)14-9-10-8-11(15-2)4-5-12(10)16-3/h4-5,8,14H,6-7,9H2,1-3H3. The first kappa shape index (κ1) is 11.3. The Kier molecular flexibility index (Phi) is 3.06. The predicted molar refractivity (Wildman–Crippen MR) is 64.0 cm³/mol. The van der Waals surface area contributed by atoms with Crippen LogP contribution in [0.5, 0.6) is 11.5 Å². The minimum absolute atomic E-state index is 0.341. The molecule has 16 heavy (non-hydrogen) atoms. The quantitative estimate of drug-likeness (QED) is 0.828. The fraction of sp³-hybridized carbons (Fsp3) is 0.538. The van der Waals surface area contributed by atoms with Crippen LogP contribution in [0.3, 0.4) is 0 Å². The maximum Gasteiger partial charge on any atom is 0.123 e. The average Bonchev–Trinajstić information content (AvgIpc) is 3.05. The van der Waals surface area contributed by atoms with E-state index in [0.717, 1.165) is 23.6 Å². The molecule has 0 heterocycles. The topological polar surface area (TPSA) is 30.5 Å². The van der Waals surface area contributed by atoms with Gasteiger partial charge in [-0.05, 0) is 38.0 Å². The molecule has 0 spiro atoms. The molecule has 0 radical (unpaired) electrons. The number of hydrogen-bond donors (Lipinski definition) is 1. The minimum Gasteiger partial charge on any atom is -0.497 e. The zero-order valence-corrected chi connectivity index (χ0v) is 10.2. The van der Waals surface area contributed by atoms with Gasteiger partial charge < -0.3 is 14.8 Å². The summed E-state index contributed by atoms with van der Waals surface area (Å²) in [6, 6.07) is 5.89. The number of ether oxygens (including phenoxy) is 2. The number of nitrogens with one attached hydrogen (secondary N) is 1. The van der Waals surface area contributed by atoms with Gasteiger partial charge in [-0.25, -0.2) is 0 Å². The molecule has 1 fully saturated rings. The van der Waals surface area contributed by atoms with Crippen LogP contribution in [0, 0.1) is 0 Å². The molecule has 1 aromatic rings. The van der Waals surface area contributed by atoms with E-state index in [9.17, 15) is 0 Å². The third-order valence-corrected chi connectivity index (χ3v) is 3.19. The second kappa shape index (κ2) is 4.34. The molecule has 1 saturated carbocycles. The summed E-state index contributed by atoms with van der Waals surface area (Å²) < 4.78 is 10.6. The van der Waals surface area contributed by atoms with E-state index in [-0.39, 0.29) is 0 Å². The van der Waals surface area contributed by atoms with Crippen LogP contribution in [0.15, 0.2) is 18.2 Å². The Balaban J connectivity index is 2.09. The Morgan fingerprint density at radius 2 is 2.00 bits per heavy atom. The highest BCUT2D eigenvalue weighted by Gasteiger charge is 2.36. The summed E-state index contributed by atoms with van der Waals surface area (Å²) in [7, 11) is 3.38. The first-order valence-electron chi connectivity index (χ1n) is 5.63. The van der Waals surface area contributed by atoms with Crippen molar-refractivity contribution < 1.29 is 9.47 Å². The lowest BCUT2D eigenvalue weighted by molar-refractivity contribution is 0.395. The van der Waals surface area contributed by atoms with Crippen LogP contribution in [0.1, 0.15) is 25.3 Å². The van der Waals surface area contributed by atoms with E-state index in [1.165, 1.54) is 12.8 Å². The molecule has 1 aromatic carbocycles. The molecule has 1 N–H and O–H groups in total. The average molecular weight is 221 g/mol. The van der Waals surface area contributed by atoms with E-state index in [2.05, 4.69) is 12.2 Å². The van der Waals surface area contributed by atoms with Gasteiger partial charge in [0, 0.05) is 17.6 Å². The van der Waals surface area contributed by atoms with Crippen LogP contribution in [0.4, 0.5) is 0 Å². The van der Waals surface area contributed by atoms with E-state index in [1.807, 2.05) is 18.2 Å². The second-order valence-corrected chi connectivity index (χ2v) is 4.59. The Morgan fingerprint density at radius 3 is 2.56 bits per heavy atom. The van der Waals surface area contributed by atoms with Gasteiger partial charge in [-0.15, -0.1) is 0 Å². The molecule has 0 unspecified atom stereocenters. The van der Waals surface area contributed by atoms with Gasteiger partial charge in [0.1, 0.15) is 11.5 Å². The zero-order valence-electron chi connectivity index (χ0n) is 10.2. The fourth-order valence-corrected chi connectivity index (χ4v) is 1.69. The van der Waals surface area contributed by atoms with E-state index in [0.29, 0.717) is 5.54 Å². The van der Waals surface area contributed by atoms with Gasteiger partial charge in [-0.2, -0.15) is 0 Å². The second-order valence-electron chi connectivity index (χ2n) is 4.59. The Hall–Kier alpha value is -1.22. The lowest BCUT2D eigenvalue weighted by Gasteiger charge is -2.14. The third-order valence-electron chi connectivity index (χ3n) is 3.19. The number of benzene rings is 1. The van der Waals surface area contributed by atoms with E-state index in [1.54, 1.807) is 14.2 Å². The summed E-state index contributed by atoms with van der Waals surface area (Å²) in [5, 5.41) is 3.54. The van der Waals surface area contributed by atoms with Crippen molar-refractivity contribution in [1.82, 2.24) is 5.32 Å². The monoisotopic (exact) mass is 221 g/mol. The fourth-order valence-electron chi connectivity index (χ4n) is 1.69. The molecular formula is C13H19NO2. The van der Waals surface area contributed by atoms with E-state index >= 15 is 0 Å². The first-order valence-corrected chi connectivity index (χ1v) is 5.63. The SMILES string of the molecule is COc1ccc(OC)c(CNC2(C)CC2)c1. The molecule has 0 atom stereocenters. The molecule has 1 aliphatic rings. The van der Waals surface area contributed by atoms with Crippen LogP contribution in [0.25, 0.3) is 0 Å². The van der Waals surface area contributed by atoms with Crippen LogP contribution < -0.4 is 14.8 Å². The normalized spacial score (nSPS) is 16.9. The van der Waals surface area contributed by atoms with Crippen LogP contribution in [-0.2, 0) is 6.54 Å². The lowest BCUT2D eigenvalue weighted by Crippen LogP contribution is -2.27. The highest BCUT2D eigenvalue weighted by Crippen LogP contribution is 2.35. The van der Waals surface area contributed by atoms with Crippen molar-refractivity contribution >= 4 is 0 Å². The Morgan fingerprint density at radius 1 is 1.25 bits per heavy atom. The van der Waals surface area contributed by atoms with Crippen molar-refractivity contribution in [3.05, 3.63) is 23.8 Å². The van der Waals surface area contributed by atoms with Crippen LogP contribution in [-0.4, -0.2) is 19.8 Å². The lowest BCUT2D eigenvalue weighted by atomic mass is 10.1. The van der Waals surface area contributed by atoms with E-state index in [4.69, 9.17) is 9.47 Å². The summed E-state index contributed by atoms with van der Waals surface area (Å²) in [4.78, 5) is 0. The predicted octanol–water partition coefficient (Wildman–Crippen LogP) is 2.35. The van der Waals surface area contributed by atoms with Gasteiger partial charge in [0.2, 0.25) is 0 Å². The molecule has 0 aromatic heterocycles. The van der Waals surface area contributed by atoms with Gasteiger partial charge >= 0.3 is 0 Å². The molecule has 1 aliphatic carbocycles. The maximum atomic E-state index is 5.33. The van der Waals surface area contributed by atoms with Gasteiger partial charge in [-0.3, -0.25) is 0 Å². The van der Waals surface area contributed by atoms with Gasteiger partial charge in [-0.1, -0.05) is 0 Å². The molecule has 0 amide bonds. The smallest absolute Gasteiger partial charge is 0.123 e. The molecule has 3 heteroatoms. The highest BCUT2D eigenvalue weighted by atomic mass is 16.5. The van der Waals surface area contributed by atoms with Crippen molar-refractivity contribution in [1.29, 1.82) is 0 Å². The summed E-state index contributed by atoms with van der Waals surface area (Å²) in [5.41, 5.74) is 1.49.